The van der Waals surface area contributed by atoms with Crippen molar-refractivity contribution in [3.63, 3.8) is 0 Å². The van der Waals surface area contributed by atoms with Crippen molar-refractivity contribution in [1.82, 2.24) is 0 Å². The minimum Gasteiger partial charge on any atom is -0.385 e. The van der Waals surface area contributed by atoms with E-state index in [0.717, 1.165) is 22.0 Å². The Morgan fingerprint density at radius 2 is 2.04 bits per heavy atom. The molecule has 2 atom stereocenters. The third kappa shape index (κ3) is 4.08. The van der Waals surface area contributed by atoms with E-state index in [9.17, 15) is 0 Å². The van der Waals surface area contributed by atoms with Gasteiger partial charge in [0.2, 0.25) is 0 Å². The quantitative estimate of drug-likeness (QED) is 0.486. The molecule has 1 aliphatic rings. The highest BCUT2D eigenvalue weighted by atomic mass is 32.2. The standard InChI is InChI=1S/C19H20N3O2PS/c1-19(2)18(21)22-16(11-26-24-23-19)15-9-14(6-7-17(15)25)13-5-3-4-12(8-13)10-20/h3-9,16H,11,25H2,1-2H3,(H2,21,22). The number of hydrogen-bond acceptors (Lipinski definition) is 6. The van der Waals surface area contributed by atoms with Crippen LogP contribution in [0, 0.1) is 11.3 Å². The molecule has 26 heavy (non-hydrogen) atoms. The van der Waals surface area contributed by atoms with Gasteiger partial charge >= 0.3 is 0 Å². The van der Waals surface area contributed by atoms with Crippen molar-refractivity contribution in [2.75, 3.05) is 5.75 Å². The zero-order chi connectivity index (χ0) is 18.7. The first-order chi connectivity index (χ1) is 12.4. The van der Waals surface area contributed by atoms with Gasteiger partial charge in [-0.05, 0) is 54.0 Å². The second kappa shape index (κ2) is 7.77. The monoisotopic (exact) mass is 385 g/mol. The van der Waals surface area contributed by atoms with Gasteiger partial charge in [0.25, 0.3) is 0 Å². The highest BCUT2D eigenvalue weighted by Gasteiger charge is 2.29. The second-order valence-corrected chi connectivity index (χ2v) is 7.84. The van der Waals surface area contributed by atoms with E-state index < -0.39 is 5.60 Å². The molecule has 7 heteroatoms. The molecule has 0 spiro atoms. The van der Waals surface area contributed by atoms with Gasteiger partial charge in [0.05, 0.1) is 17.7 Å². The van der Waals surface area contributed by atoms with Gasteiger partial charge in [0, 0.05) is 17.8 Å². The zero-order valence-electron chi connectivity index (χ0n) is 14.6. The third-order valence-corrected chi connectivity index (χ3v) is 5.34. The maximum atomic E-state index is 9.13. The molecule has 2 N–H and O–H groups in total. The Morgan fingerprint density at radius 3 is 2.81 bits per heavy atom. The first-order valence-corrected chi connectivity index (χ1v) is 9.60. The molecule has 0 bridgehead atoms. The van der Waals surface area contributed by atoms with Crippen LogP contribution in [0.3, 0.4) is 0 Å². The summed E-state index contributed by atoms with van der Waals surface area (Å²) in [6.07, 6.45) is 0. The van der Waals surface area contributed by atoms with E-state index >= 15 is 0 Å². The predicted octanol–water partition coefficient (Wildman–Crippen LogP) is 3.51. The van der Waals surface area contributed by atoms with E-state index in [0.29, 0.717) is 17.2 Å². The van der Waals surface area contributed by atoms with Crippen molar-refractivity contribution >= 4 is 32.4 Å². The highest BCUT2D eigenvalue weighted by molar-refractivity contribution is 7.94. The summed E-state index contributed by atoms with van der Waals surface area (Å²) in [6.45, 7) is 3.64. The van der Waals surface area contributed by atoms with Crippen molar-refractivity contribution < 1.29 is 9.22 Å². The van der Waals surface area contributed by atoms with Crippen LogP contribution < -0.4 is 11.0 Å². The minimum atomic E-state index is -0.786. The summed E-state index contributed by atoms with van der Waals surface area (Å²) in [5.74, 6) is 0.976. The Kier molecular flexibility index (Phi) is 5.64. The van der Waals surface area contributed by atoms with Gasteiger partial charge in [0.1, 0.15) is 5.84 Å². The van der Waals surface area contributed by atoms with Gasteiger partial charge in [0.15, 0.2) is 5.60 Å². The molecule has 5 nitrogen and oxygen atoms in total. The number of benzene rings is 2. The van der Waals surface area contributed by atoms with Crippen LogP contribution in [0.15, 0.2) is 47.5 Å². The molecule has 134 valence electrons. The maximum absolute atomic E-state index is 9.13. The lowest BCUT2D eigenvalue weighted by Gasteiger charge is -2.27. The van der Waals surface area contributed by atoms with Gasteiger partial charge in [-0.25, -0.2) is 4.89 Å². The van der Waals surface area contributed by atoms with E-state index in [-0.39, 0.29) is 6.04 Å². The van der Waals surface area contributed by atoms with Crippen molar-refractivity contribution in [2.24, 2.45) is 10.7 Å². The van der Waals surface area contributed by atoms with E-state index in [2.05, 4.69) is 21.4 Å². The van der Waals surface area contributed by atoms with Crippen molar-refractivity contribution in [1.29, 1.82) is 5.26 Å². The molecule has 0 radical (unpaired) electrons. The lowest BCUT2D eigenvalue weighted by atomic mass is 9.98. The Balaban J connectivity index is 2.03. The molecular formula is C19H20N3O2PS. The van der Waals surface area contributed by atoms with Gasteiger partial charge in [-0.2, -0.15) is 9.60 Å². The Bertz CT molecular complexity index is 893. The number of aliphatic imine (C=N–C) groups is 1. The first kappa shape index (κ1) is 18.9. The van der Waals surface area contributed by atoms with Gasteiger partial charge in [-0.3, -0.25) is 4.99 Å². The molecule has 0 saturated carbocycles. The topological polar surface area (TPSA) is 80.6 Å². The van der Waals surface area contributed by atoms with Crippen LogP contribution >= 0.6 is 21.3 Å². The number of hydrogen-bond donors (Lipinski definition) is 1. The Morgan fingerprint density at radius 1 is 1.27 bits per heavy atom. The van der Waals surface area contributed by atoms with Crippen LogP contribution in [-0.2, 0) is 9.22 Å². The summed E-state index contributed by atoms with van der Waals surface area (Å²) in [4.78, 5) is 9.98. The summed E-state index contributed by atoms with van der Waals surface area (Å²) < 4.78 is 5.21. The Labute approximate surface area is 159 Å². The smallest absolute Gasteiger partial charge is 0.155 e. The number of nitrogens with zero attached hydrogens (tertiary/aromatic N) is 2. The van der Waals surface area contributed by atoms with E-state index in [1.54, 1.807) is 6.07 Å². The van der Waals surface area contributed by atoms with Crippen molar-refractivity contribution in [3.05, 3.63) is 53.6 Å². The molecule has 2 aromatic rings. The normalized spacial score (nSPS) is 19.8. The second-order valence-electron chi connectivity index (χ2n) is 6.51. The summed E-state index contributed by atoms with van der Waals surface area (Å²) in [7, 11) is 2.75. The molecule has 2 aromatic carbocycles. The minimum absolute atomic E-state index is 0.158. The van der Waals surface area contributed by atoms with E-state index in [1.165, 1.54) is 12.0 Å². The fourth-order valence-corrected chi connectivity index (χ4v) is 3.60. The van der Waals surface area contributed by atoms with Crippen LogP contribution in [0.5, 0.6) is 0 Å². The molecular weight excluding hydrogens is 365 g/mol. The summed E-state index contributed by atoms with van der Waals surface area (Å²) in [6, 6.07) is 15.7. The molecule has 0 aliphatic carbocycles. The summed E-state index contributed by atoms with van der Waals surface area (Å²) in [5, 5.41) is 10.2. The van der Waals surface area contributed by atoms with Crippen LogP contribution in [0.4, 0.5) is 0 Å². The van der Waals surface area contributed by atoms with Gasteiger partial charge < -0.3 is 5.73 Å². The zero-order valence-corrected chi connectivity index (χ0v) is 16.6. The van der Waals surface area contributed by atoms with E-state index in [4.69, 9.17) is 25.2 Å². The van der Waals surface area contributed by atoms with Crippen LogP contribution in [0.25, 0.3) is 11.1 Å². The molecule has 0 amide bonds. The molecule has 0 fully saturated rings. The molecule has 1 aliphatic heterocycles. The number of nitrogens with two attached hydrogens (primary N) is 1. The summed E-state index contributed by atoms with van der Waals surface area (Å²) in [5.41, 5.74) is 9.06. The molecule has 0 aromatic heterocycles. The largest absolute Gasteiger partial charge is 0.385 e. The fourth-order valence-electron chi connectivity index (χ4n) is 2.58. The number of rotatable bonds is 2. The number of amidine groups is 1. The molecule has 3 rings (SSSR count). The summed E-state index contributed by atoms with van der Waals surface area (Å²) >= 11 is 1.22. The third-order valence-electron chi connectivity index (χ3n) is 4.20. The van der Waals surface area contributed by atoms with Gasteiger partial charge in [-0.1, -0.05) is 24.3 Å². The van der Waals surface area contributed by atoms with Gasteiger partial charge in [-0.15, -0.1) is 9.24 Å². The molecule has 1 heterocycles. The first-order valence-electron chi connectivity index (χ1n) is 8.12. The maximum Gasteiger partial charge on any atom is 0.155 e. The van der Waals surface area contributed by atoms with Crippen LogP contribution in [0.1, 0.15) is 31.0 Å². The average molecular weight is 385 g/mol. The van der Waals surface area contributed by atoms with Crippen LogP contribution in [-0.4, -0.2) is 17.2 Å². The average Bonchev–Trinajstić information content (AvgIpc) is 2.63. The Hall–Kier alpha value is -1.90. The molecule has 2 unspecified atom stereocenters. The number of nitriles is 1. The van der Waals surface area contributed by atoms with Crippen molar-refractivity contribution in [2.45, 2.75) is 25.5 Å². The lowest BCUT2D eigenvalue weighted by molar-refractivity contribution is -0.244. The lowest BCUT2D eigenvalue weighted by Crippen LogP contribution is -2.42. The van der Waals surface area contributed by atoms with Crippen LogP contribution in [0.2, 0.25) is 0 Å². The van der Waals surface area contributed by atoms with Crippen molar-refractivity contribution in [3.8, 4) is 17.2 Å². The SMILES string of the molecule is CC1(C)OOSCC(c2cc(-c3cccc(C#N)c3)ccc2P)N=C1N. The highest BCUT2D eigenvalue weighted by Crippen LogP contribution is 2.31. The van der Waals surface area contributed by atoms with E-state index in [1.807, 2.05) is 44.2 Å². The predicted molar refractivity (Wildman–Crippen MR) is 109 cm³/mol. The fraction of sp³-hybridized carbons (Fsp3) is 0.263. The molecule has 0 saturated heterocycles.